The fourth-order valence-corrected chi connectivity index (χ4v) is 2.55. The van der Waals surface area contributed by atoms with Gasteiger partial charge in [-0.25, -0.2) is 0 Å². The Morgan fingerprint density at radius 3 is 2.93 bits per heavy atom. The number of nitrogens with one attached hydrogen (secondary N) is 1. The molecule has 1 aliphatic heterocycles. The molecule has 2 rings (SSSR count). The number of phenols is 1. The topological polar surface area (TPSA) is 41.5 Å². The minimum Gasteiger partial charge on any atom is -0.503 e. The Morgan fingerprint density at radius 1 is 1.53 bits per heavy atom. The van der Waals surface area contributed by atoms with E-state index in [1.54, 1.807) is 13.2 Å². The Hall–Kier alpha value is -0.740. The molecule has 0 saturated carbocycles. The van der Waals surface area contributed by atoms with Gasteiger partial charge < -0.3 is 15.2 Å². The number of halogens is 1. The Balaban J connectivity index is 2.36. The first-order valence-corrected chi connectivity index (χ1v) is 5.82. The summed E-state index contributed by atoms with van der Waals surface area (Å²) in [6.45, 7) is 1.05. The number of rotatable bonds is 2. The standard InChI is InChI=1S/C11H14BrNO2/c1-15-9-5-4-7(10(12)11(9)14)8-3-2-6-13-8/h4-5,8,13-14H,2-3,6H2,1H3. The van der Waals surface area contributed by atoms with Crippen LogP contribution in [0.15, 0.2) is 16.6 Å². The first kappa shape index (κ1) is 10.8. The highest BCUT2D eigenvalue weighted by atomic mass is 79.9. The summed E-state index contributed by atoms with van der Waals surface area (Å²) in [4.78, 5) is 0. The summed E-state index contributed by atoms with van der Waals surface area (Å²) in [6.07, 6.45) is 2.30. The number of aromatic hydroxyl groups is 1. The summed E-state index contributed by atoms with van der Waals surface area (Å²) in [7, 11) is 1.55. The first-order valence-electron chi connectivity index (χ1n) is 5.02. The lowest BCUT2D eigenvalue weighted by Gasteiger charge is -2.15. The molecule has 1 aliphatic rings. The van der Waals surface area contributed by atoms with Gasteiger partial charge in [-0.05, 0) is 46.9 Å². The maximum Gasteiger partial charge on any atom is 0.172 e. The van der Waals surface area contributed by atoms with E-state index < -0.39 is 0 Å². The highest BCUT2D eigenvalue weighted by Gasteiger charge is 2.21. The molecule has 0 bridgehead atoms. The summed E-state index contributed by atoms with van der Waals surface area (Å²) >= 11 is 3.41. The van der Waals surface area contributed by atoms with E-state index in [9.17, 15) is 5.11 Å². The zero-order valence-electron chi connectivity index (χ0n) is 8.59. The zero-order valence-corrected chi connectivity index (χ0v) is 10.2. The molecular formula is C11H14BrNO2. The van der Waals surface area contributed by atoms with E-state index in [0.717, 1.165) is 23.0 Å². The highest BCUT2D eigenvalue weighted by Crippen LogP contribution is 2.40. The van der Waals surface area contributed by atoms with E-state index >= 15 is 0 Å². The molecule has 0 aliphatic carbocycles. The molecule has 0 aromatic heterocycles. The predicted molar refractivity (Wildman–Crippen MR) is 62.3 cm³/mol. The van der Waals surface area contributed by atoms with E-state index in [-0.39, 0.29) is 5.75 Å². The van der Waals surface area contributed by atoms with Crippen LogP contribution in [-0.4, -0.2) is 18.8 Å². The summed E-state index contributed by atoms with van der Waals surface area (Å²) in [5, 5.41) is 13.2. The van der Waals surface area contributed by atoms with Gasteiger partial charge in [0.15, 0.2) is 11.5 Å². The second-order valence-corrected chi connectivity index (χ2v) is 4.46. The van der Waals surface area contributed by atoms with Crippen molar-refractivity contribution in [2.24, 2.45) is 0 Å². The van der Waals surface area contributed by atoms with Crippen molar-refractivity contribution in [3.05, 3.63) is 22.2 Å². The fraction of sp³-hybridized carbons (Fsp3) is 0.455. The van der Waals surface area contributed by atoms with Crippen LogP contribution >= 0.6 is 15.9 Å². The maximum atomic E-state index is 9.84. The molecule has 3 nitrogen and oxygen atoms in total. The molecule has 1 fully saturated rings. The maximum absolute atomic E-state index is 9.84. The number of ether oxygens (including phenoxy) is 1. The molecule has 0 amide bonds. The van der Waals surface area contributed by atoms with Crippen molar-refractivity contribution in [3.63, 3.8) is 0 Å². The zero-order chi connectivity index (χ0) is 10.8. The molecule has 15 heavy (non-hydrogen) atoms. The molecule has 1 unspecified atom stereocenters. The Bertz CT molecular complexity index is 362. The fourth-order valence-electron chi connectivity index (χ4n) is 1.95. The molecule has 1 heterocycles. The minimum absolute atomic E-state index is 0.184. The van der Waals surface area contributed by atoms with Crippen LogP contribution in [0.3, 0.4) is 0 Å². The minimum atomic E-state index is 0.184. The third-order valence-electron chi connectivity index (χ3n) is 2.76. The van der Waals surface area contributed by atoms with Crippen LogP contribution in [0.5, 0.6) is 11.5 Å². The van der Waals surface area contributed by atoms with E-state index in [1.165, 1.54) is 6.42 Å². The van der Waals surface area contributed by atoms with Crippen LogP contribution in [0.1, 0.15) is 24.4 Å². The molecule has 1 saturated heterocycles. The van der Waals surface area contributed by atoms with E-state index in [2.05, 4.69) is 21.2 Å². The van der Waals surface area contributed by atoms with Gasteiger partial charge >= 0.3 is 0 Å². The van der Waals surface area contributed by atoms with Crippen LogP contribution in [0, 0.1) is 0 Å². The van der Waals surface area contributed by atoms with Gasteiger partial charge in [-0.15, -0.1) is 0 Å². The predicted octanol–water partition coefficient (Wildman–Crippen LogP) is 2.59. The van der Waals surface area contributed by atoms with Crippen LogP contribution in [0.4, 0.5) is 0 Å². The van der Waals surface area contributed by atoms with E-state index in [0.29, 0.717) is 11.8 Å². The van der Waals surface area contributed by atoms with E-state index in [4.69, 9.17) is 4.74 Å². The van der Waals surface area contributed by atoms with Crippen molar-refractivity contribution in [2.75, 3.05) is 13.7 Å². The quantitative estimate of drug-likeness (QED) is 0.869. The number of hydrogen-bond donors (Lipinski definition) is 2. The lowest BCUT2D eigenvalue weighted by molar-refractivity contribution is 0.371. The molecule has 82 valence electrons. The third kappa shape index (κ3) is 1.96. The van der Waals surface area contributed by atoms with Gasteiger partial charge in [-0.2, -0.15) is 0 Å². The largest absolute Gasteiger partial charge is 0.503 e. The van der Waals surface area contributed by atoms with Gasteiger partial charge in [0.05, 0.1) is 11.6 Å². The van der Waals surface area contributed by atoms with Gasteiger partial charge in [0.2, 0.25) is 0 Å². The Labute approximate surface area is 97.6 Å². The molecule has 1 aromatic carbocycles. The number of methoxy groups -OCH3 is 1. The number of phenolic OH excluding ortho intramolecular Hbond substituents is 1. The average molecular weight is 272 g/mol. The Kier molecular flexibility index (Phi) is 3.17. The van der Waals surface area contributed by atoms with Gasteiger partial charge in [0.25, 0.3) is 0 Å². The highest BCUT2D eigenvalue weighted by molar-refractivity contribution is 9.10. The molecule has 0 spiro atoms. The number of benzene rings is 1. The summed E-state index contributed by atoms with van der Waals surface area (Å²) < 4.78 is 5.78. The molecular weight excluding hydrogens is 258 g/mol. The van der Waals surface area contributed by atoms with Crippen LogP contribution in [-0.2, 0) is 0 Å². The molecule has 4 heteroatoms. The SMILES string of the molecule is COc1ccc(C2CCCN2)c(Br)c1O. The van der Waals surface area contributed by atoms with Crippen LogP contribution in [0.25, 0.3) is 0 Å². The third-order valence-corrected chi connectivity index (χ3v) is 3.60. The molecule has 2 N–H and O–H groups in total. The van der Waals surface area contributed by atoms with Crippen molar-refractivity contribution in [1.82, 2.24) is 5.32 Å². The van der Waals surface area contributed by atoms with E-state index in [1.807, 2.05) is 6.07 Å². The van der Waals surface area contributed by atoms with Gasteiger partial charge in [0.1, 0.15) is 0 Å². The normalized spacial score (nSPS) is 20.5. The Morgan fingerprint density at radius 2 is 2.33 bits per heavy atom. The smallest absolute Gasteiger partial charge is 0.172 e. The number of hydrogen-bond acceptors (Lipinski definition) is 3. The van der Waals surface area contributed by atoms with Gasteiger partial charge in [0, 0.05) is 6.04 Å². The van der Waals surface area contributed by atoms with Crippen molar-refractivity contribution in [3.8, 4) is 11.5 Å². The van der Waals surface area contributed by atoms with Crippen molar-refractivity contribution >= 4 is 15.9 Å². The monoisotopic (exact) mass is 271 g/mol. The second-order valence-electron chi connectivity index (χ2n) is 3.67. The summed E-state index contributed by atoms with van der Waals surface area (Å²) in [5.74, 6) is 0.687. The van der Waals surface area contributed by atoms with Gasteiger partial charge in [-0.1, -0.05) is 6.07 Å². The molecule has 1 atom stereocenters. The average Bonchev–Trinajstić information content (AvgIpc) is 2.75. The second kappa shape index (κ2) is 4.41. The summed E-state index contributed by atoms with van der Waals surface area (Å²) in [5.41, 5.74) is 1.10. The summed E-state index contributed by atoms with van der Waals surface area (Å²) in [6, 6.07) is 4.14. The van der Waals surface area contributed by atoms with Crippen molar-refractivity contribution in [2.45, 2.75) is 18.9 Å². The lowest BCUT2D eigenvalue weighted by atomic mass is 10.0. The van der Waals surface area contributed by atoms with Gasteiger partial charge in [-0.3, -0.25) is 0 Å². The molecule has 0 radical (unpaired) electrons. The van der Waals surface area contributed by atoms with Crippen molar-refractivity contribution < 1.29 is 9.84 Å². The first-order chi connectivity index (χ1) is 7.24. The van der Waals surface area contributed by atoms with Crippen molar-refractivity contribution in [1.29, 1.82) is 0 Å². The van der Waals surface area contributed by atoms with Crippen LogP contribution < -0.4 is 10.1 Å². The van der Waals surface area contributed by atoms with Crippen LogP contribution in [0.2, 0.25) is 0 Å². The molecule has 1 aromatic rings. The lowest BCUT2D eigenvalue weighted by Crippen LogP contribution is -2.13.